The lowest BCUT2D eigenvalue weighted by molar-refractivity contribution is -0.130. The largest absolute Gasteiger partial charge is 0.465 e. The van der Waals surface area contributed by atoms with Crippen molar-refractivity contribution in [3.8, 4) is 0 Å². The molecule has 0 heterocycles. The Labute approximate surface area is 159 Å². The normalized spacial score (nSPS) is 10.4. The van der Waals surface area contributed by atoms with Crippen molar-refractivity contribution < 1.29 is 19.1 Å². The molecular formula is C22H25NO4. The number of rotatable bonds is 7. The van der Waals surface area contributed by atoms with Gasteiger partial charge in [-0.15, -0.1) is 0 Å². The van der Waals surface area contributed by atoms with Crippen LogP contribution in [0.2, 0.25) is 0 Å². The van der Waals surface area contributed by atoms with Crippen molar-refractivity contribution >= 4 is 17.7 Å². The lowest BCUT2D eigenvalue weighted by atomic mass is 9.99. The quantitative estimate of drug-likeness (QED) is 0.553. The number of ketones is 1. The topological polar surface area (TPSA) is 63.7 Å². The molecule has 0 aromatic heterocycles. The SMILES string of the molecule is COC(=O)c1ccc(CN(C)C(=O)CCC(=O)c2cc(C)ccc2C)cc1. The molecule has 0 unspecified atom stereocenters. The molecule has 2 aromatic carbocycles. The molecule has 0 atom stereocenters. The first kappa shape index (κ1) is 20.4. The second-order valence-corrected chi connectivity index (χ2v) is 6.68. The van der Waals surface area contributed by atoms with Gasteiger partial charge in [0.1, 0.15) is 0 Å². The molecule has 0 saturated heterocycles. The third-order valence-corrected chi connectivity index (χ3v) is 4.48. The molecule has 0 N–H and O–H groups in total. The molecule has 2 rings (SSSR count). The molecule has 142 valence electrons. The van der Waals surface area contributed by atoms with Crippen molar-refractivity contribution in [1.29, 1.82) is 0 Å². The van der Waals surface area contributed by atoms with Gasteiger partial charge in [0, 0.05) is 32.0 Å². The predicted octanol–water partition coefficient (Wildman–Crippen LogP) is 3.71. The van der Waals surface area contributed by atoms with Crippen molar-refractivity contribution in [3.63, 3.8) is 0 Å². The number of carbonyl (C=O) groups is 3. The zero-order valence-corrected chi connectivity index (χ0v) is 16.2. The second kappa shape index (κ2) is 9.12. The van der Waals surface area contributed by atoms with E-state index in [1.165, 1.54) is 7.11 Å². The van der Waals surface area contributed by atoms with Gasteiger partial charge in [0.2, 0.25) is 5.91 Å². The Bertz CT molecular complexity index is 840. The van der Waals surface area contributed by atoms with Crippen molar-refractivity contribution in [2.75, 3.05) is 14.2 Å². The van der Waals surface area contributed by atoms with E-state index in [0.717, 1.165) is 16.7 Å². The first-order valence-corrected chi connectivity index (χ1v) is 8.83. The molecule has 0 saturated carbocycles. The third kappa shape index (κ3) is 5.51. The van der Waals surface area contributed by atoms with Gasteiger partial charge in [-0.1, -0.05) is 29.8 Å². The number of benzene rings is 2. The Morgan fingerprint density at radius 1 is 0.963 bits per heavy atom. The number of hydrogen-bond acceptors (Lipinski definition) is 4. The van der Waals surface area contributed by atoms with E-state index in [0.29, 0.717) is 17.7 Å². The monoisotopic (exact) mass is 367 g/mol. The van der Waals surface area contributed by atoms with E-state index in [1.807, 2.05) is 32.0 Å². The summed E-state index contributed by atoms with van der Waals surface area (Å²) in [6.45, 7) is 4.26. The maximum atomic E-state index is 12.4. The fourth-order valence-electron chi connectivity index (χ4n) is 2.81. The Morgan fingerprint density at radius 3 is 2.26 bits per heavy atom. The van der Waals surface area contributed by atoms with Crippen LogP contribution in [-0.2, 0) is 16.1 Å². The lowest BCUT2D eigenvalue weighted by Crippen LogP contribution is -2.26. The molecule has 5 heteroatoms. The Kier molecular flexibility index (Phi) is 6.88. The zero-order chi connectivity index (χ0) is 20.0. The van der Waals surface area contributed by atoms with E-state index in [4.69, 9.17) is 0 Å². The minimum atomic E-state index is -0.393. The maximum absolute atomic E-state index is 12.4. The van der Waals surface area contributed by atoms with E-state index in [9.17, 15) is 14.4 Å². The van der Waals surface area contributed by atoms with Crippen LogP contribution >= 0.6 is 0 Å². The first-order chi connectivity index (χ1) is 12.8. The number of ether oxygens (including phenoxy) is 1. The highest BCUT2D eigenvalue weighted by molar-refractivity contribution is 5.99. The van der Waals surface area contributed by atoms with Crippen molar-refractivity contribution in [3.05, 3.63) is 70.3 Å². The molecule has 0 aliphatic carbocycles. The standard InChI is InChI=1S/C22H25NO4/c1-15-5-6-16(2)19(13-15)20(24)11-12-21(25)23(3)14-17-7-9-18(10-8-17)22(26)27-4/h5-10,13H,11-12,14H2,1-4H3. The summed E-state index contributed by atoms with van der Waals surface area (Å²) >= 11 is 0. The van der Waals surface area contributed by atoms with Gasteiger partial charge in [0.05, 0.1) is 12.7 Å². The molecule has 0 aliphatic rings. The summed E-state index contributed by atoms with van der Waals surface area (Å²) in [5.41, 5.74) is 4.01. The van der Waals surface area contributed by atoms with Crippen LogP contribution in [0.5, 0.6) is 0 Å². The Balaban J connectivity index is 1.91. The van der Waals surface area contributed by atoms with Crippen LogP contribution in [0, 0.1) is 13.8 Å². The third-order valence-electron chi connectivity index (χ3n) is 4.48. The second-order valence-electron chi connectivity index (χ2n) is 6.68. The summed E-state index contributed by atoms with van der Waals surface area (Å²) in [5.74, 6) is -0.498. The highest BCUT2D eigenvalue weighted by Gasteiger charge is 2.15. The number of amides is 1. The van der Waals surface area contributed by atoms with Gasteiger partial charge in [-0.25, -0.2) is 4.79 Å². The number of aryl methyl sites for hydroxylation is 2. The number of nitrogens with zero attached hydrogens (tertiary/aromatic N) is 1. The van der Waals surface area contributed by atoms with Crippen LogP contribution < -0.4 is 0 Å². The van der Waals surface area contributed by atoms with Gasteiger partial charge in [0.15, 0.2) is 5.78 Å². The van der Waals surface area contributed by atoms with Crippen LogP contribution in [0.25, 0.3) is 0 Å². The molecule has 1 amide bonds. The molecule has 2 aromatic rings. The van der Waals surface area contributed by atoms with Gasteiger partial charge in [-0.05, 0) is 43.2 Å². The molecule has 0 aliphatic heterocycles. The van der Waals surface area contributed by atoms with Gasteiger partial charge in [-0.2, -0.15) is 0 Å². The van der Waals surface area contributed by atoms with Crippen LogP contribution in [0.1, 0.15) is 50.2 Å². The first-order valence-electron chi connectivity index (χ1n) is 8.83. The molecule has 0 spiro atoms. The van der Waals surface area contributed by atoms with Crippen molar-refractivity contribution in [1.82, 2.24) is 4.90 Å². The van der Waals surface area contributed by atoms with E-state index >= 15 is 0 Å². The van der Waals surface area contributed by atoms with Crippen LogP contribution in [0.15, 0.2) is 42.5 Å². The molecule has 5 nitrogen and oxygen atoms in total. The zero-order valence-electron chi connectivity index (χ0n) is 16.2. The van der Waals surface area contributed by atoms with Gasteiger partial charge in [0.25, 0.3) is 0 Å². The highest BCUT2D eigenvalue weighted by atomic mass is 16.5. The Hall–Kier alpha value is -2.95. The van der Waals surface area contributed by atoms with Crippen molar-refractivity contribution in [2.24, 2.45) is 0 Å². The molecule has 0 fully saturated rings. The molecule has 27 heavy (non-hydrogen) atoms. The van der Waals surface area contributed by atoms with Crippen LogP contribution in [0.4, 0.5) is 0 Å². The fourth-order valence-corrected chi connectivity index (χ4v) is 2.81. The lowest BCUT2D eigenvalue weighted by Gasteiger charge is -2.17. The summed E-state index contributed by atoms with van der Waals surface area (Å²) in [6.07, 6.45) is 0.359. The molecule has 0 radical (unpaired) electrons. The average molecular weight is 367 g/mol. The number of carbonyl (C=O) groups excluding carboxylic acids is 3. The van der Waals surface area contributed by atoms with Gasteiger partial charge >= 0.3 is 5.97 Å². The summed E-state index contributed by atoms with van der Waals surface area (Å²) < 4.78 is 4.67. The number of methoxy groups -OCH3 is 1. The summed E-state index contributed by atoms with van der Waals surface area (Å²) in [7, 11) is 3.04. The fraction of sp³-hybridized carbons (Fsp3) is 0.318. The minimum absolute atomic E-state index is 0.0135. The predicted molar refractivity (Wildman–Crippen MR) is 104 cm³/mol. The van der Waals surface area contributed by atoms with Gasteiger partial charge in [-0.3, -0.25) is 9.59 Å². The minimum Gasteiger partial charge on any atom is -0.465 e. The van der Waals surface area contributed by atoms with E-state index < -0.39 is 5.97 Å². The van der Waals surface area contributed by atoms with E-state index in [2.05, 4.69) is 4.74 Å². The summed E-state index contributed by atoms with van der Waals surface area (Å²) in [5, 5.41) is 0. The summed E-state index contributed by atoms with van der Waals surface area (Å²) in [4.78, 5) is 37.8. The van der Waals surface area contributed by atoms with E-state index in [-0.39, 0.29) is 24.5 Å². The number of esters is 1. The highest BCUT2D eigenvalue weighted by Crippen LogP contribution is 2.15. The molecular weight excluding hydrogens is 342 g/mol. The van der Waals surface area contributed by atoms with E-state index in [1.54, 1.807) is 36.2 Å². The van der Waals surface area contributed by atoms with Gasteiger partial charge < -0.3 is 9.64 Å². The smallest absolute Gasteiger partial charge is 0.337 e. The average Bonchev–Trinajstić information content (AvgIpc) is 2.67. The summed E-state index contributed by atoms with van der Waals surface area (Å²) in [6, 6.07) is 12.7. The maximum Gasteiger partial charge on any atom is 0.337 e. The molecule has 0 bridgehead atoms. The number of Topliss-reactive ketones (excluding diaryl/α,β-unsaturated/α-hetero) is 1. The Morgan fingerprint density at radius 2 is 1.63 bits per heavy atom. The van der Waals surface area contributed by atoms with Crippen LogP contribution in [0.3, 0.4) is 0 Å². The number of hydrogen-bond donors (Lipinski definition) is 0. The van der Waals surface area contributed by atoms with Crippen molar-refractivity contribution in [2.45, 2.75) is 33.2 Å². The van der Waals surface area contributed by atoms with Crippen LogP contribution in [-0.4, -0.2) is 36.7 Å².